The Morgan fingerprint density at radius 3 is 2.65 bits per heavy atom. The predicted molar refractivity (Wildman–Crippen MR) is 62.2 cm³/mol. The number of rotatable bonds is 5. The Morgan fingerprint density at radius 2 is 2.12 bits per heavy atom. The Morgan fingerprint density at radius 1 is 1.47 bits per heavy atom. The largest absolute Gasteiger partial charge is 0.494 e. The molecule has 0 spiro atoms. The number of ketones is 1. The smallest absolute Gasteiger partial charge is 0.350 e. The fourth-order valence-corrected chi connectivity index (χ4v) is 1.31. The van der Waals surface area contributed by atoms with Gasteiger partial charge >= 0.3 is 5.70 Å². The lowest BCUT2D eigenvalue weighted by molar-refractivity contribution is -0.418. The average Bonchev–Trinajstić information content (AvgIpc) is 2.29. The molecule has 1 aromatic carbocycles. The van der Waals surface area contributed by atoms with Gasteiger partial charge in [0.1, 0.15) is 0 Å². The number of carbonyl (C=O) groups is 1. The van der Waals surface area contributed by atoms with Crippen molar-refractivity contribution in [2.24, 2.45) is 0 Å². The monoisotopic (exact) mass is 235 g/mol. The van der Waals surface area contributed by atoms with Crippen LogP contribution in [0.1, 0.15) is 22.8 Å². The number of aryl methyl sites for hydroxylation is 1. The van der Waals surface area contributed by atoms with E-state index in [1.54, 1.807) is 38.1 Å². The summed E-state index contributed by atoms with van der Waals surface area (Å²) in [4.78, 5) is 22.0. The van der Waals surface area contributed by atoms with E-state index >= 15 is 0 Å². The van der Waals surface area contributed by atoms with Gasteiger partial charge in [0, 0.05) is 5.56 Å². The first-order valence-electron chi connectivity index (χ1n) is 5.14. The van der Waals surface area contributed by atoms with E-state index in [1.165, 1.54) is 0 Å². The number of benzene rings is 1. The minimum absolute atomic E-state index is 0.276. The van der Waals surface area contributed by atoms with Crippen LogP contribution in [0.5, 0.6) is 0 Å². The molecule has 0 aliphatic heterocycles. The molecule has 0 radical (unpaired) electrons. The first kappa shape index (κ1) is 12.9. The number of nitro groups is 1. The number of hydrogen-bond acceptors (Lipinski definition) is 4. The molecule has 0 unspecified atom stereocenters. The summed E-state index contributed by atoms with van der Waals surface area (Å²) in [5.41, 5.74) is 0.457. The summed E-state index contributed by atoms with van der Waals surface area (Å²) in [6.07, 6.45) is 0.898. The zero-order chi connectivity index (χ0) is 12.8. The third-order valence-corrected chi connectivity index (χ3v) is 2.18. The van der Waals surface area contributed by atoms with Gasteiger partial charge in [-0.1, -0.05) is 24.3 Å². The summed E-state index contributed by atoms with van der Waals surface area (Å²) in [6, 6.07) is 6.72. The van der Waals surface area contributed by atoms with Crippen LogP contribution in [0.3, 0.4) is 0 Å². The third kappa shape index (κ3) is 3.14. The SMILES string of the molecule is CCO/C=C(/C(=O)c1ccccc1C)[N+](=O)[O-]. The number of hydrogen-bond donors (Lipinski definition) is 0. The second-order valence-electron chi connectivity index (χ2n) is 3.36. The van der Waals surface area contributed by atoms with Crippen molar-refractivity contribution < 1.29 is 14.5 Å². The van der Waals surface area contributed by atoms with Crippen LogP contribution in [0.15, 0.2) is 36.2 Å². The Balaban J connectivity index is 3.09. The molecule has 0 atom stereocenters. The van der Waals surface area contributed by atoms with E-state index < -0.39 is 16.4 Å². The minimum atomic E-state index is -0.732. The number of nitrogens with zero attached hydrogens (tertiary/aromatic N) is 1. The Bertz CT molecular complexity index is 465. The highest BCUT2D eigenvalue weighted by atomic mass is 16.6. The van der Waals surface area contributed by atoms with Crippen molar-refractivity contribution in [1.29, 1.82) is 0 Å². The van der Waals surface area contributed by atoms with E-state index in [4.69, 9.17) is 4.74 Å². The summed E-state index contributed by atoms with van der Waals surface area (Å²) in [5.74, 6) is -0.637. The van der Waals surface area contributed by atoms with Crippen molar-refractivity contribution in [3.05, 3.63) is 57.5 Å². The molecule has 5 heteroatoms. The van der Waals surface area contributed by atoms with Gasteiger partial charge in [0.25, 0.3) is 5.78 Å². The Hall–Kier alpha value is -2.17. The van der Waals surface area contributed by atoms with Gasteiger partial charge in [0.05, 0.1) is 11.5 Å². The van der Waals surface area contributed by atoms with Crippen LogP contribution in [0.25, 0.3) is 0 Å². The van der Waals surface area contributed by atoms with Crippen molar-refractivity contribution in [2.45, 2.75) is 13.8 Å². The van der Waals surface area contributed by atoms with Crippen LogP contribution in [0.4, 0.5) is 0 Å². The Kier molecular flexibility index (Phi) is 4.39. The molecule has 0 N–H and O–H groups in total. The van der Waals surface area contributed by atoms with Gasteiger partial charge in [0.15, 0.2) is 6.26 Å². The lowest BCUT2D eigenvalue weighted by Gasteiger charge is -2.02. The first-order chi connectivity index (χ1) is 8.07. The van der Waals surface area contributed by atoms with Crippen molar-refractivity contribution >= 4 is 5.78 Å². The molecule has 5 nitrogen and oxygen atoms in total. The molecule has 0 aromatic heterocycles. The maximum absolute atomic E-state index is 11.9. The maximum Gasteiger partial charge on any atom is 0.350 e. The summed E-state index contributed by atoms with van der Waals surface area (Å²) >= 11 is 0. The normalized spacial score (nSPS) is 11.1. The van der Waals surface area contributed by atoms with Crippen LogP contribution in [0.2, 0.25) is 0 Å². The molecule has 0 bridgehead atoms. The van der Waals surface area contributed by atoms with Crippen molar-refractivity contribution in [3.8, 4) is 0 Å². The van der Waals surface area contributed by atoms with Crippen molar-refractivity contribution in [2.75, 3.05) is 6.61 Å². The molecule has 0 saturated heterocycles. The zero-order valence-electron chi connectivity index (χ0n) is 9.67. The molecule has 0 aliphatic rings. The van der Waals surface area contributed by atoms with Gasteiger partial charge in [-0.2, -0.15) is 0 Å². The second-order valence-corrected chi connectivity index (χ2v) is 3.36. The molecule has 0 heterocycles. The van der Waals surface area contributed by atoms with Crippen LogP contribution < -0.4 is 0 Å². The van der Waals surface area contributed by atoms with Gasteiger partial charge in [-0.3, -0.25) is 14.9 Å². The predicted octanol–water partition coefficient (Wildman–Crippen LogP) is 2.33. The molecule has 0 saturated carbocycles. The summed E-state index contributed by atoms with van der Waals surface area (Å²) in [6.45, 7) is 3.69. The second kappa shape index (κ2) is 5.79. The molecule has 0 amide bonds. The highest BCUT2D eigenvalue weighted by Crippen LogP contribution is 2.13. The molecular formula is C12H13NO4. The van der Waals surface area contributed by atoms with Gasteiger partial charge in [0.2, 0.25) is 0 Å². The lowest BCUT2D eigenvalue weighted by Crippen LogP contribution is -2.13. The lowest BCUT2D eigenvalue weighted by atomic mass is 10.0. The van der Waals surface area contributed by atoms with E-state index in [-0.39, 0.29) is 6.61 Å². The van der Waals surface area contributed by atoms with Crippen LogP contribution in [-0.4, -0.2) is 17.3 Å². The van der Waals surface area contributed by atoms with E-state index in [9.17, 15) is 14.9 Å². The summed E-state index contributed by atoms with van der Waals surface area (Å²) in [5, 5.41) is 10.8. The molecule has 0 aliphatic carbocycles. The van der Waals surface area contributed by atoms with E-state index in [1.807, 2.05) is 0 Å². The Labute approximate surface area is 98.9 Å². The molecule has 1 aromatic rings. The minimum Gasteiger partial charge on any atom is -0.494 e. The van der Waals surface area contributed by atoms with Crippen molar-refractivity contribution in [1.82, 2.24) is 0 Å². The highest BCUT2D eigenvalue weighted by molar-refractivity contribution is 6.07. The quantitative estimate of drug-likeness (QED) is 0.258. The molecule has 1 rings (SSSR count). The number of allylic oxidation sites excluding steroid dienone is 1. The average molecular weight is 235 g/mol. The van der Waals surface area contributed by atoms with E-state index in [0.29, 0.717) is 11.1 Å². The zero-order valence-corrected chi connectivity index (χ0v) is 9.67. The van der Waals surface area contributed by atoms with E-state index in [2.05, 4.69) is 0 Å². The topological polar surface area (TPSA) is 69.4 Å². The number of ether oxygens (including phenoxy) is 1. The fourth-order valence-electron chi connectivity index (χ4n) is 1.31. The molecule has 17 heavy (non-hydrogen) atoms. The molecular weight excluding hydrogens is 222 g/mol. The third-order valence-electron chi connectivity index (χ3n) is 2.18. The van der Waals surface area contributed by atoms with E-state index in [0.717, 1.165) is 6.26 Å². The maximum atomic E-state index is 11.9. The summed E-state index contributed by atoms with van der Waals surface area (Å²) < 4.78 is 4.81. The van der Waals surface area contributed by atoms with Gasteiger partial charge in [-0.25, -0.2) is 0 Å². The van der Waals surface area contributed by atoms with Crippen LogP contribution >= 0.6 is 0 Å². The van der Waals surface area contributed by atoms with Gasteiger partial charge < -0.3 is 4.74 Å². The number of Topliss-reactive ketones (excluding diaryl/α,β-unsaturated/α-hetero) is 1. The molecule has 0 fully saturated rings. The van der Waals surface area contributed by atoms with Gasteiger partial charge in [-0.15, -0.1) is 0 Å². The van der Waals surface area contributed by atoms with Gasteiger partial charge in [-0.05, 0) is 19.4 Å². The molecule has 90 valence electrons. The van der Waals surface area contributed by atoms with Crippen LogP contribution in [-0.2, 0) is 4.74 Å². The number of carbonyl (C=O) groups excluding carboxylic acids is 1. The first-order valence-corrected chi connectivity index (χ1v) is 5.14. The highest BCUT2D eigenvalue weighted by Gasteiger charge is 2.25. The van der Waals surface area contributed by atoms with Crippen LogP contribution in [0, 0.1) is 17.0 Å². The standard InChI is InChI=1S/C12H13NO4/c1-3-17-8-11(13(15)16)12(14)10-7-5-4-6-9(10)2/h4-8H,3H2,1-2H3/b11-8-. The fraction of sp³-hybridized carbons (Fsp3) is 0.250. The summed E-state index contributed by atoms with van der Waals surface area (Å²) in [7, 11) is 0. The van der Waals surface area contributed by atoms with Crippen molar-refractivity contribution in [3.63, 3.8) is 0 Å².